The van der Waals surface area contributed by atoms with Crippen LogP contribution in [0.3, 0.4) is 0 Å². The van der Waals surface area contributed by atoms with Gasteiger partial charge in [-0.3, -0.25) is 9.48 Å². The molecule has 7 nitrogen and oxygen atoms in total. The van der Waals surface area contributed by atoms with Crippen LogP contribution in [0.5, 0.6) is 0 Å². The van der Waals surface area contributed by atoms with Crippen molar-refractivity contribution in [3.8, 4) is 0 Å². The molecule has 1 unspecified atom stereocenters. The predicted molar refractivity (Wildman–Crippen MR) is 101 cm³/mol. The van der Waals surface area contributed by atoms with Crippen molar-refractivity contribution in [2.75, 3.05) is 26.2 Å². The molecule has 0 radical (unpaired) electrons. The van der Waals surface area contributed by atoms with E-state index in [4.69, 9.17) is 11.6 Å². The van der Waals surface area contributed by atoms with Gasteiger partial charge in [-0.15, -0.1) is 11.3 Å². The Kier molecular flexibility index (Phi) is 6.01. The number of amides is 1. The van der Waals surface area contributed by atoms with Crippen molar-refractivity contribution in [3.05, 3.63) is 33.9 Å². The number of rotatable bonds is 4. The van der Waals surface area contributed by atoms with E-state index in [9.17, 15) is 26.4 Å². The number of alkyl halides is 3. The molecule has 0 bridgehead atoms. The second-order valence-electron chi connectivity index (χ2n) is 6.53. The van der Waals surface area contributed by atoms with Gasteiger partial charge in [0.15, 0.2) is 5.69 Å². The Labute approximate surface area is 174 Å². The highest BCUT2D eigenvalue weighted by Crippen LogP contribution is 2.36. The average molecular weight is 471 g/mol. The predicted octanol–water partition coefficient (Wildman–Crippen LogP) is 3.02. The largest absolute Gasteiger partial charge is 0.436 e. The van der Waals surface area contributed by atoms with Gasteiger partial charge < -0.3 is 4.90 Å². The molecule has 13 heteroatoms. The molecule has 1 aliphatic rings. The molecule has 1 atom stereocenters. The van der Waals surface area contributed by atoms with Crippen molar-refractivity contribution < 1.29 is 26.4 Å². The molecule has 1 aliphatic heterocycles. The first-order valence-electron chi connectivity index (χ1n) is 8.59. The molecule has 3 rings (SSSR count). The van der Waals surface area contributed by atoms with E-state index in [1.54, 1.807) is 11.4 Å². The number of carbonyl (C=O) groups is 1. The van der Waals surface area contributed by atoms with Crippen molar-refractivity contribution >= 4 is 38.9 Å². The topological polar surface area (TPSA) is 75.5 Å². The Morgan fingerprint density at radius 2 is 1.90 bits per heavy atom. The highest BCUT2D eigenvalue weighted by molar-refractivity contribution is 7.91. The second-order valence-corrected chi connectivity index (χ2v) is 10.0. The highest BCUT2D eigenvalue weighted by atomic mass is 35.5. The lowest BCUT2D eigenvalue weighted by Crippen LogP contribution is -2.51. The lowest BCUT2D eigenvalue weighted by atomic mass is 10.2. The van der Waals surface area contributed by atoms with Crippen molar-refractivity contribution in [3.63, 3.8) is 0 Å². The molecule has 0 spiro atoms. The van der Waals surface area contributed by atoms with Crippen LogP contribution in [0, 0.1) is 6.92 Å². The van der Waals surface area contributed by atoms with Gasteiger partial charge in [-0.2, -0.15) is 22.6 Å². The fourth-order valence-electron chi connectivity index (χ4n) is 3.11. The summed E-state index contributed by atoms with van der Waals surface area (Å²) in [7, 11) is -3.61. The van der Waals surface area contributed by atoms with Crippen molar-refractivity contribution in [2.45, 2.75) is 30.3 Å². The minimum atomic E-state index is -4.72. The van der Waals surface area contributed by atoms with Crippen molar-refractivity contribution in [2.24, 2.45) is 0 Å². The summed E-state index contributed by atoms with van der Waals surface area (Å²) in [5.74, 6) is -0.450. The molecule has 0 saturated carbocycles. The first-order chi connectivity index (χ1) is 13.4. The van der Waals surface area contributed by atoms with Gasteiger partial charge in [0.05, 0.1) is 10.7 Å². The maximum Gasteiger partial charge on any atom is 0.436 e. The highest BCUT2D eigenvalue weighted by Gasteiger charge is 2.40. The molecule has 2 aromatic rings. The van der Waals surface area contributed by atoms with E-state index in [0.717, 1.165) is 16.0 Å². The molecule has 2 aromatic heterocycles. The number of carbonyl (C=O) groups excluding carboxylic acids is 1. The second kappa shape index (κ2) is 7.89. The van der Waals surface area contributed by atoms with E-state index in [-0.39, 0.29) is 36.1 Å². The number of sulfonamides is 1. The van der Waals surface area contributed by atoms with Crippen LogP contribution in [-0.4, -0.2) is 59.5 Å². The molecule has 3 heterocycles. The molecule has 0 aliphatic carbocycles. The molecule has 29 heavy (non-hydrogen) atoms. The maximum atomic E-state index is 13.0. The van der Waals surface area contributed by atoms with Gasteiger partial charge in [0, 0.05) is 26.2 Å². The lowest BCUT2D eigenvalue weighted by Gasteiger charge is -2.35. The fraction of sp³-hybridized carbons (Fsp3) is 0.500. The molecular formula is C16H18ClF3N4O3S2. The van der Waals surface area contributed by atoms with Gasteiger partial charge in [0.1, 0.15) is 10.3 Å². The molecule has 1 amide bonds. The minimum absolute atomic E-state index is 0.0405. The smallest absolute Gasteiger partial charge is 0.338 e. The third-order valence-electron chi connectivity index (χ3n) is 4.71. The summed E-state index contributed by atoms with van der Waals surface area (Å²) >= 11 is 6.86. The van der Waals surface area contributed by atoms with Crippen LogP contribution in [0.15, 0.2) is 21.7 Å². The third-order valence-corrected chi connectivity index (χ3v) is 8.43. The number of hydrogen-bond acceptors (Lipinski definition) is 5. The number of halogens is 4. The Morgan fingerprint density at radius 3 is 2.38 bits per heavy atom. The molecule has 160 valence electrons. The van der Waals surface area contributed by atoms with Crippen LogP contribution in [-0.2, 0) is 21.0 Å². The summed E-state index contributed by atoms with van der Waals surface area (Å²) in [5, 5.41) is 4.62. The summed E-state index contributed by atoms with van der Waals surface area (Å²) in [4.78, 5) is 14.2. The van der Waals surface area contributed by atoms with E-state index < -0.39 is 38.9 Å². The summed E-state index contributed by atoms with van der Waals surface area (Å²) in [6.07, 6.45) is -4.72. The third kappa shape index (κ3) is 4.16. The molecule has 1 saturated heterocycles. The van der Waals surface area contributed by atoms with E-state index in [2.05, 4.69) is 5.10 Å². The molecular weight excluding hydrogens is 453 g/mol. The first kappa shape index (κ1) is 22.1. The summed E-state index contributed by atoms with van der Waals surface area (Å²) in [6.45, 7) is 3.27. The number of nitrogens with zero attached hydrogens (tertiary/aromatic N) is 4. The summed E-state index contributed by atoms with van der Waals surface area (Å²) in [6, 6.07) is 2.15. The zero-order valence-corrected chi connectivity index (χ0v) is 17.9. The summed E-state index contributed by atoms with van der Waals surface area (Å²) in [5.41, 5.74) is -1.19. The normalized spacial score (nSPS) is 17.5. The summed E-state index contributed by atoms with van der Waals surface area (Å²) < 4.78 is 66.6. The first-order valence-corrected chi connectivity index (χ1v) is 11.3. The monoisotopic (exact) mass is 470 g/mol. The van der Waals surface area contributed by atoms with E-state index >= 15 is 0 Å². The van der Waals surface area contributed by atoms with Crippen LogP contribution < -0.4 is 0 Å². The van der Waals surface area contributed by atoms with Gasteiger partial charge in [-0.25, -0.2) is 8.42 Å². The van der Waals surface area contributed by atoms with Crippen molar-refractivity contribution in [1.29, 1.82) is 0 Å². The van der Waals surface area contributed by atoms with Crippen LogP contribution >= 0.6 is 22.9 Å². The zero-order valence-electron chi connectivity index (χ0n) is 15.5. The number of aromatic nitrogens is 2. The molecule has 0 aromatic carbocycles. The molecule has 1 fully saturated rings. The molecule has 0 N–H and O–H groups in total. The van der Waals surface area contributed by atoms with Crippen LogP contribution in [0.1, 0.15) is 24.4 Å². The van der Waals surface area contributed by atoms with Crippen LogP contribution in [0.2, 0.25) is 5.02 Å². The van der Waals surface area contributed by atoms with Crippen LogP contribution in [0.4, 0.5) is 13.2 Å². The Bertz CT molecular complexity index is 998. The van der Waals surface area contributed by atoms with E-state index in [1.165, 1.54) is 29.1 Å². The van der Waals surface area contributed by atoms with E-state index in [1.807, 2.05) is 0 Å². The number of piperazine rings is 1. The standard InChI is InChI=1S/C16H18ClF3N4O3S2/c1-10-13(17)14(16(18,19)20)21-24(10)11(2)15(25)22-5-7-23(8-6-22)29(26,27)12-4-3-9-28-12/h3-4,9,11H,5-8H2,1-2H3. The fourth-order valence-corrected chi connectivity index (χ4v) is 5.91. The van der Waals surface area contributed by atoms with Gasteiger partial charge in [-0.05, 0) is 25.3 Å². The van der Waals surface area contributed by atoms with Gasteiger partial charge in [-0.1, -0.05) is 17.7 Å². The Hall–Kier alpha value is -1.63. The average Bonchev–Trinajstić information content (AvgIpc) is 3.30. The Balaban J connectivity index is 1.71. The SMILES string of the molecule is Cc1c(Cl)c(C(F)(F)F)nn1C(C)C(=O)N1CCN(S(=O)(=O)c2cccs2)CC1. The lowest BCUT2D eigenvalue weighted by molar-refractivity contribution is -0.142. The number of thiophene rings is 1. The Morgan fingerprint density at radius 1 is 1.28 bits per heavy atom. The van der Waals surface area contributed by atoms with Crippen LogP contribution in [0.25, 0.3) is 0 Å². The van der Waals surface area contributed by atoms with Gasteiger partial charge in [0.2, 0.25) is 5.91 Å². The number of hydrogen-bond donors (Lipinski definition) is 0. The van der Waals surface area contributed by atoms with Gasteiger partial charge in [0.25, 0.3) is 10.0 Å². The van der Waals surface area contributed by atoms with E-state index in [0.29, 0.717) is 0 Å². The quantitative estimate of drug-likeness (QED) is 0.688. The zero-order chi connectivity index (χ0) is 21.6. The van der Waals surface area contributed by atoms with Gasteiger partial charge >= 0.3 is 6.18 Å². The minimum Gasteiger partial charge on any atom is -0.338 e. The van der Waals surface area contributed by atoms with Crippen molar-refractivity contribution in [1.82, 2.24) is 19.0 Å². The maximum absolute atomic E-state index is 13.0.